The second-order valence-electron chi connectivity index (χ2n) is 4.18. The van der Waals surface area contributed by atoms with Gasteiger partial charge >= 0.3 is 11.7 Å². The maximum atomic E-state index is 11.9. The van der Waals surface area contributed by atoms with Crippen LogP contribution in [0.3, 0.4) is 0 Å². The molecule has 0 saturated heterocycles. The zero-order valence-electron chi connectivity index (χ0n) is 11.4. The molecule has 0 radical (unpaired) electrons. The quantitative estimate of drug-likeness (QED) is 0.830. The van der Waals surface area contributed by atoms with Crippen LogP contribution < -0.4 is 15.1 Å². The highest BCUT2D eigenvalue weighted by molar-refractivity contribution is 5.82. The topological polar surface area (TPSA) is 61.6 Å². The molecule has 2 aromatic rings. The standard InChI is InChI=1S/C14H17NO4/c1-4-6-18-10-7-9(3)12-11(8-10)15-14(17-5-2)19-13(12)16/h7-8H,4-6H2,1-3H3. The number of aromatic nitrogens is 1. The third kappa shape index (κ3) is 2.86. The number of fused-ring (bicyclic) bond motifs is 1. The van der Waals surface area contributed by atoms with E-state index >= 15 is 0 Å². The molecule has 5 nitrogen and oxygen atoms in total. The molecule has 1 aromatic heterocycles. The predicted octanol–water partition coefficient (Wildman–Crippen LogP) is 2.68. The van der Waals surface area contributed by atoms with Crippen LogP contribution in [0.5, 0.6) is 11.8 Å². The summed E-state index contributed by atoms with van der Waals surface area (Å²) in [4.78, 5) is 16.1. The van der Waals surface area contributed by atoms with Gasteiger partial charge in [0.2, 0.25) is 0 Å². The summed E-state index contributed by atoms with van der Waals surface area (Å²) in [5.41, 5.74) is 0.881. The molecule has 0 aliphatic carbocycles. The van der Waals surface area contributed by atoms with Gasteiger partial charge in [-0.2, -0.15) is 4.98 Å². The number of hydrogen-bond acceptors (Lipinski definition) is 5. The highest BCUT2D eigenvalue weighted by Gasteiger charge is 2.11. The van der Waals surface area contributed by atoms with Gasteiger partial charge in [-0.15, -0.1) is 0 Å². The zero-order valence-corrected chi connectivity index (χ0v) is 11.4. The summed E-state index contributed by atoms with van der Waals surface area (Å²) in [7, 11) is 0. The summed E-state index contributed by atoms with van der Waals surface area (Å²) in [6, 6.07) is 3.55. The van der Waals surface area contributed by atoms with Crippen molar-refractivity contribution in [3.8, 4) is 11.8 Å². The summed E-state index contributed by atoms with van der Waals surface area (Å²) >= 11 is 0. The molecule has 0 atom stereocenters. The molecule has 0 saturated carbocycles. The maximum Gasteiger partial charge on any atom is 0.397 e. The lowest BCUT2D eigenvalue weighted by Crippen LogP contribution is -2.07. The first kappa shape index (κ1) is 13.4. The molecule has 2 rings (SSSR count). The Morgan fingerprint density at radius 3 is 2.74 bits per heavy atom. The molecule has 0 bridgehead atoms. The second kappa shape index (κ2) is 5.73. The van der Waals surface area contributed by atoms with Gasteiger partial charge in [0.15, 0.2) is 0 Å². The van der Waals surface area contributed by atoms with E-state index in [4.69, 9.17) is 13.9 Å². The van der Waals surface area contributed by atoms with Crippen LogP contribution in [-0.2, 0) is 0 Å². The Kier molecular flexibility index (Phi) is 4.04. The lowest BCUT2D eigenvalue weighted by Gasteiger charge is -2.08. The molecule has 5 heteroatoms. The second-order valence-corrected chi connectivity index (χ2v) is 4.18. The van der Waals surface area contributed by atoms with E-state index < -0.39 is 5.63 Å². The average Bonchev–Trinajstić information content (AvgIpc) is 2.35. The zero-order chi connectivity index (χ0) is 13.8. The molecule has 102 valence electrons. The minimum Gasteiger partial charge on any atom is -0.494 e. The summed E-state index contributed by atoms with van der Waals surface area (Å²) in [5.74, 6) is 0.701. The lowest BCUT2D eigenvalue weighted by molar-refractivity contribution is 0.229. The molecular formula is C14H17NO4. The Morgan fingerprint density at radius 2 is 2.05 bits per heavy atom. The van der Waals surface area contributed by atoms with Gasteiger partial charge in [0.1, 0.15) is 5.75 Å². The number of ether oxygens (including phenoxy) is 2. The highest BCUT2D eigenvalue weighted by atomic mass is 16.6. The summed E-state index contributed by atoms with van der Waals surface area (Å²) < 4.78 is 15.7. The first-order chi connectivity index (χ1) is 9.15. The van der Waals surface area contributed by atoms with Crippen molar-refractivity contribution in [2.24, 2.45) is 0 Å². The summed E-state index contributed by atoms with van der Waals surface area (Å²) in [6.07, 6.45) is 0.915. The molecule has 19 heavy (non-hydrogen) atoms. The van der Waals surface area contributed by atoms with Gasteiger partial charge < -0.3 is 13.9 Å². The van der Waals surface area contributed by atoms with E-state index in [9.17, 15) is 4.79 Å². The first-order valence-electron chi connectivity index (χ1n) is 6.36. The molecule has 0 spiro atoms. The normalized spacial score (nSPS) is 10.7. The van der Waals surface area contributed by atoms with Gasteiger partial charge in [0, 0.05) is 6.07 Å². The Hall–Kier alpha value is -2.04. The molecule has 0 aliphatic heterocycles. The third-order valence-corrected chi connectivity index (χ3v) is 2.62. The number of rotatable bonds is 5. The highest BCUT2D eigenvalue weighted by Crippen LogP contribution is 2.23. The van der Waals surface area contributed by atoms with Crippen molar-refractivity contribution in [3.05, 3.63) is 28.1 Å². The van der Waals surface area contributed by atoms with E-state index in [2.05, 4.69) is 4.98 Å². The fourth-order valence-corrected chi connectivity index (χ4v) is 1.83. The van der Waals surface area contributed by atoms with Crippen molar-refractivity contribution in [2.45, 2.75) is 27.2 Å². The Morgan fingerprint density at radius 1 is 1.26 bits per heavy atom. The average molecular weight is 263 g/mol. The molecule has 0 aliphatic rings. The first-order valence-corrected chi connectivity index (χ1v) is 6.36. The van der Waals surface area contributed by atoms with E-state index in [-0.39, 0.29) is 6.08 Å². The fourth-order valence-electron chi connectivity index (χ4n) is 1.83. The lowest BCUT2D eigenvalue weighted by atomic mass is 10.1. The van der Waals surface area contributed by atoms with Crippen molar-refractivity contribution in [3.63, 3.8) is 0 Å². The summed E-state index contributed by atoms with van der Waals surface area (Å²) in [6.45, 7) is 6.70. The van der Waals surface area contributed by atoms with Crippen LogP contribution >= 0.6 is 0 Å². The fraction of sp³-hybridized carbons (Fsp3) is 0.429. The van der Waals surface area contributed by atoms with Crippen molar-refractivity contribution >= 4 is 10.9 Å². The molecule has 1 aromatic carbocycles. The SMILES string of the molecule is CCCOc1cc(C)c2c(=O)oc(OCC)nc2c1. The Labute approximate surface area is 111 Å². The van der Waals surface area contributed by atoms with Gasteiger partial charge in [-0.1, -0.05) is 6.92 Å². The van der Waals surface area contributed by atoms with Gasteiger partial charge in [-0.25, -0.2) is 4.79 Å². The molecule has 0 N–H and O–H groups in total. The van der Waals surface area contributed by atoms with Crippen LogP contribution in [0.1, 0.15) is 25.8 Å². The molecular weight excluding hydrogens is 246 g/mol. The van der Waals surface area contributed by atoms with Gasteiger partial charge in [-0.3, -0.25) is 0 Å². The van der Waals surface area contributed by atoms with E-state index in [1.165, 1.54) is 0 Å². The van der Waals surface area contributed by atoms with Crippen molar-refractivity contribution < 1.29 is 13.9 Å². The maximum absolute atomic E-state index is 11.9. The van der Waals surface area contributed by atoms with Crippen molar-refractivity contribution in [2.75, 3.05) is 13.2 Å². The molecule has 0 unspecified atom stereocenters. The van der Waals surface area contributed by atoms with Crippen LogP contribution in [0.15, 0.2) is 21.3 Å². The van der Waals surface area contributed by atoms with Gasteiger partial charge in [0.25, 0.3) is 0 Å². The van der Waals surface area contributed by atoms with Crippen molar-refractivity contribution in [1.82, 2.24) is 4.98 Å². The van der Waals surface area contributed by atoms with Crippen LogP contribution in [0.25, 0.3) is 10.9 Å². The third-order valence-electron chi connectivity index (χ3n) is 2.62. The minimum absolute atomic E-state index is 0.00737. The number of aryl methyl sites for hydroxylation is 1. The van der Waals surface area contributed by atoms with E-state index in [0.29, 0.717) is 29.9 Å². The summed E-state index contributed by atoms with van der Waals surface area (Å²) in [5, 5.41) is 0.465. The monoisotopic (exact) mass is 263 g/mol. The predicted molar refractivity (Wildman–Crippen MR) is 72.0 cm³/mol. The van der Waals surface area contributed by atoms with Gasteiger partial charge in [0.05, 0.1) is 24.1 Å². The van der Waals surface area contributed by atoms with Crippen LogP contribution in [0, 0.1) is 6.92 Å². The Bertz CT molecular complexity index is 633. The largest absolute Gasteiger partial charge is 0.494 e. The molecule has 1 heterocycles. The number of benzene rings is 1. The van der Waals surface area contributed by atoms with Crippen LogP contribution in [0.4, 0.5) is 0 Å². The van der Waals surface area contributed by atoms with E-state index in [0.717, 1.165) is 12.0 Å². The van der Waals surface area contributed by atoms with Gasteiger partial charge in [-0.05, 0) is 31.9 Å². The van der Waals surface area contributed by atoms with Crippen molar-refractivity contribution in [1.29, 1.82) is 0 Å². The molecule has 0 fully saturated rings. The van der Waals surface area contributed by atoms with E-state index in [1.54, 1.807) is 13.0 Å². The van der Waals surface area contributed by atoms with Crippen LogP contribution in [-0.4, -0.2) is 18.2 Å². The smallest absolute Gasteiger partial charge is 0.397 e. The van der Waals surface area contributed by atoms with E-state index in [1.807, 2.05) is 19.9 Å². The number of hydrogen-bond donors (Lipinski definition) is 0. The number of nitrogens with zero attached hydrogens (tertiary/aromatic N) is 1. The molecule has 0 amide bonds. The Balaban J connectivity index is 2.54. The minimum atomic E-state index is -0.437. The van der Waals surface area contributed by atoms with Crippen LogP contribution in [0.2, 0.25) is 0 Å².